The van der Waals surface area contributed by atoms with E-state index in [4.69, 9.17) is 0 Å². The molecule has 0 aliphatic carbocycles. The van der Waals surface area contributed by atoms with E-state index in [1.807, 2.05) is 38.7 Å². The number of aryl methyl sites for hydroxylation is 3. The van der Waals surface area contributed by atoms with Crippen LogP contribution < -0.4 is 10.2 Å². The molecule has 0 saturated heterocycles. The van der Waals surface area contributed by atoms with Crippen LogP contribution in [0, 0.1) is 20.8 Å². The van der Waals surface area contributed by atoms with Crippen LogP contribution in [-0.4, -0.2) is 33.8 Å². The summed E-state index contributed by atoms with van der Waals surface area (Å²) >= 11 is 0. The van der Waals surface area contributed by atoms with E-state index in [2.05, 4.69) is 50.4 Å². The maximum Gasteiger partial charge on any atom is 0.174 e. The molecule has 0 unspecified atom stereocenters. The summed E-state index contributed by atoms with van der Waals surface area (Å²) in [5.41, 5.74) is 5.70. The lowest BCUT2D eigenvalue weighted by atomic mass is 10.1. The number of nitrogens with zero attached hydrogens (tertiary/aromatic N) is 5. The molecule has 0 radical (unpaired) electrons. The first-order valence-electron chi connectivity index (χ1n) is 8.30. The first-order chi connectivity index (χ1) is 11.9. The standard InChI is InChI=1S/C19H24N6/c1-13-8-17(24(4)5)7-6-16(13)10-21-18-11-20-12-19(22-18)25-15(3)9-14(2)23-25/h6-9,11-12H,10H2,1-5H3,(H,21,22). The predicted molar refractivity (Wildman–Crippen MR) is 101 cm³/mol. The molecule has 0 atom stereocenters. The number of benzene rings is 1. The fourth-order valence-electron chi connectivity index (χ4n) is 2.75. The van der Waals surface area contributed by atoms with E-state index in [0.717, 1.165) is 23.0 Å². The van der Waals surface area contributed by atoms with Crippen molar-refractivity contribution < 1.29 is 0 Å². The Balaban J connectivity index is 1.76. The Morgan fingerprint density at radius 1 is 1.08 bits per heavy atom. The Morgan fingerprint density at radius 2 is 1.88 bits per heavy atom. The minimum Gasteiger partial charge on any atom is -0.378 e. The quantitative estimate of drug-likeness (QED) is 0.775. The topological polar surface area (TPSA) is 58.9 Å². The van der Waals surface area contributed by atoms with Crippen molar-refractivity contribution in [2.75, 3.05) is 24.3 Å². The van der Waals surface area contributed by atoms with E-state index in [-0.39, 0.29) is 0 Å². The Bertz CT molecular complexity index is 881. The molecule has 0 aliphatic heterocycles. The molecule has 0 amide bonds. The molecule has 2 aromatic heterocycles. The molecule has 0 spiro atoms. The molecule has 3 rings (SSSR count). The van der Waals surface area contributed by atoms with Crippen LogP contribution in [0.25, 0.3) is 5.82 Å². The van der Waals surface area contributed by atoms with Gasteiger partial charge in [-0.15, -0.1) is 0 Å². The van der Waals surface area contributed by atoms with Gasteiger partial charge in [-0.25, -0.2) is 9.67 Å². The van der Waals surface area contributed by atoms with Crippen LogP contribution in [0.2, 0.25) is 0 Å². The average Bonchev–Trinajstić information content (AvgIpc) is 2.92. The second kappa shape index (κ2) is 6.93. The van der Waals surface area contributed by atoms with Crippen LogP contribution in [0.4, 0.5) is 11.5 Å². The van der Waals surface area contributed by atoms with Crippen molar-refractivity contribution in [3.8, 4) is 5.82 Å². The van der Waals surface area contributed by atoms with Crippen molar-refractivity contribution >= 4 is 11.5 Å². The summed E-state index contributed by atoms with van der Waals surface area (Å²) in [5, 5.41) is 7.82. The van der Waals surface area contributed by atoms with Crippen molar-refractivity contribution in [2.45, 2.75) is 27.3 Å². The van der Waals surface area contributed by atoms with Gasteiger partial charge in [-0.2, -0.15) is 5.10 Å². The zero-order valence-corrected chi connectivity index (χ0v) is 15.4. The fraction of sp³-hybridized carbons (Fsp3) is 0.316. The molecule has 0 saturated carbocycles. The van der Waals surface area contributed by atoms with Crippen molar-refractivity contribution in [3.63, 3.8) is 0 Å². The minimum atomic E-state index is 0.703. The molecule has 1 aromatic carbocycles. The second-order valence-corrected chi connectivity index (χ2v) is 6.46. The van der Waals surface area contributed by atoms with Crippen molar-refractivity contribution in [2.24, 2.45) is 0 Å². The summed E-state index contributed by atoms with van der Waals surface area (Å²) in [6.07, 6.45) is 3.46. The van der Waals surface area contributed by atoms with Gasteiger partial charge < -0.3 is 10.2 Å². The summed E-state index contributed by atoms with van der Waals surface area (Å²) in [6.45, 7) is 6.81. The van der Waals surface area contributed by atoms with Crippen LogP contribution in [0.5, 0.6) is 0 Å². The third-order valence-electron chi connectivity index (χ3n) is 4.15. The van der Waals surface area contributed by atoms with Crippen molar-refractivity contribution in [1.82, 2.24) is 19.7 Å². The van der Waals surface area contributed by atoms with E-state index in [1.165, 1.54) is 16.8 Å². The Morgan fingerprint density at radius 3 is 2.52 bits per heavy atom. The average molecular weight is 336 g/mol. The number of rotatable bonds is 5. The van der Waals surface area contributed by atoms with Crippen LogP contribution in [0.3, 0.4) is 0 Å². The van der Waals surface area contributed by atoms with E-state index >= 15 is 0 Å². The third-order valence-corrected chi connectivity index (χ3v) is 4.15. The van der Waals surface area contributed by atoms with Gasteiger partial charge in [-0.3, -0.25) is 4.98 Å². The molecule has 130 valence electrons. The minimum absolute atomic E-state index is 0.703. The van der Waals surface area contributed by atoms with Crippen LogP contribution in [-0.2, 0) is 6.54 Å². The van der Waals surface area contributed by atoms with Gasteiger partial charge in [0.15, 0.2) is 5.82 Å². The fourth-order valence-corrected chi connectivity index (χ4v) is 2.75. The Kier molecular flexibility index (Phi) is 4.70. The molecule has 6 heteroatoms. The molecule has 2 heterocycles. The summed E-state index contributed by atoms with van der Waals surface area (Å²) in [7, 11) is 4.10. The summed E-state index contributed by atoms with van der Waals surface area (Å²) in [6, 6.07) is 8.49. The summed E-state index contributed by atoms with van der Waals surface area (Å²) < 4.78 is 1.81. The number of nitrogens with one attached hydrogen (secondary N) is 1. The number of hydrogen-bond acceptors (Lipinski definition) is 5. The molecule has 25 heavy (non-hydrogen) atoms. The molecular weight excluding hydrogens is 312 g/mol. The van der Waals surface area contributed by atoms with E-state index < -0.39 is 0 Å². The molecule has 6 nitrogen and oxygen atoms in total. The van der Waals surface area contributed by atoms with Crippen LogP contribution in [0.1, 0.15) is 22.5 Å². The predicted octanol–water partition coefficient (Wildman–Crippen LogP) is 3.27. The van der Waals surface area contributed by atoms with Gasteiger partial charge >= 0.3 is 0 Å². The van der Waals surface area contributed by atoms with Gasteiger partial charge in [0.05, 0.1) is 18.1 Å². The van der Waals surface area contributed by atoms with Crippen LogP contribution >= 0.6 is 0 Å². The first kappa shape index (κ1) is 17.0. The molecule has 0 fully saturated rings. The molecule has 1 N–H and O–H groups in total. The summed E-state index contributed by atoms with van der Waals surface area (Å²) in [5.74, 6) is 1.46. The van der Waals surface area contributed by atoms with Gasteiger partial charge in [-0.1, -0.05) is 6.07 Å². The van der Waals surface area contributed by atoms with Gasteiger partial charge in [0.1, 0.15) is 5.82 Å². The normalized spacial score (nSPS) is 10.8. The van der Waals surface area contributed by atoms with Gasteiger partial charge in [-0.05, 0) is 50.1 Å². The second-order valence-electron chi connectivity index (χ2n) is 6.46. The molecular formula is C19H24N6. The Hall–Kier alpha value is -2.89. The number of hydrogen-bond donors (Lipinski definition) is 1. The first-order valence-corrected chi connectivity index (χ1v) is 8.30. The molecule has 0 aliphatic rings. The van der Waals surface area contributed by atoms with E-state index in [9.17, 15) is 0 Å². The highest BCUT2D eigenvalue weighted by atomic mass is 15.3. The Labute approximate surface area is 148 Å². The smallest absolute Gasteiger partial charge is 0.174 e. The summed E-state index contributed by atoms with van der Waals surface area (Å²) in [4.78, 5) is 11.0. The highest BCUT2D eigenvalue weighted by molar-refractivity contribution is 5.50. The lowest BCUT2D eigenvalue weighted by molar-refractivity contribution is 0.799. The van der Waals surface area contributed by atoms with Gasteiger partial charge in [0.25, 0.3) is 0 Å². The maximum atomic E-state index is 4.63. The van der Waals surface area contributed by atoms with Crippen molar-refractivity contribution in [3.05, 3.63) is 59.2 Å². The SMILES string of the molecule is Cc1cc(C)n(-c2cncc(NCc3ccc(N(C)C)cc3C)n2)n1. The lowest BCUT2D eigenvalue weighted by Crippen LogP contribution is -2.10. The maximum absolute atomic E-state index is 4.63. The molecule has 3 aromatic rings. The zero-order valence-electron chi connectivity index (χ0n) is 15.4. The van der Waals surface area contributed by atoms with Crippen LogP contribution in [0.15, 0.2) is 36.7 Å². The lowest BCUT2D eigenvalue weighted by Gasteiger charge is -2.15. The monoisotopic (exact) mass is 336 g/mol. The third kappa shape index (κ3) is 3.79. The number of aromatic nitrogens is 4. The van der Waals surface area contributed by atoms with Gasteiger partial charge in [0.2, 0.25) is 0 Å². The van der Waals surface area contributed by atoms with Crippen molar-refractivity contribution in [1.29, 1.82) is 0 Å². The van der Waals surface area contributed by atoms with E-state index in [0.29, 0.717) is 6.54 Å². The highest BCUT2D eigenvalue weighted by Crippen LogP contribution is 2.18. The van der Waals surface area contributed by atoms with E-state index in [1.54, 1.807) is 12.4 Å². The zero-order chi connectivity index (χ0) is 18.0. The molecule has 0 bridgehead atoms. The largest absolute Gasteiger partial charge is 0.378 e. The highest BCUT2D eigenvalue weighted by Gasteiger charge is 2.07. The van der Waals surface area contributed by atoms with Gasteiger partial charge in [0, 0.05) is 32.0 Å². The number of anilines is 2.